The van der Waals surface area contributed by atoms with Crippen LogP contribution in [0.2, 0.25) is 5.02 Å². The van der Waals surface area contributed by atoms with E-state index in [1.165, 1.54) is 54.7 Å². The van der Waals surface area contributed by atoms with Crippen LogP contribution in [0, 0.1) is 17.8 Å². The number of carbonyl (C=O) groups excluding carboxylic acids is 9. The summed E-state index contributed by atoms with van der Waals surface area (Å²) >= 11 is 9.93. The number of allylic oxidation sites excluding steroid dienone is 3. The van der Waals surface area contributed by atoms with Gasteiger partial charge in [0.2, 0.25) is 35.4 Å². The Kier molecular flexibility index (Phi) is 27.2. The Morgan fingerprint density at radius 1 is 0.936 bits per heavy atom. The molecule has 2 unspecified atom stereocenters. The van der Waals surface area contributed by atoms with Gasteiger partial charge in [0.05, 0.1) is 82.3 Å². The zero-order valence-corrected chi connectivity index (χ0v) is 57.6. The molecule has 6 aliphatic heterocycles. The van der Waals surface area contributed by atoms with Crippen molar-refractivity contribution in [1.29, 1.82) is 0 Å². The fraction of sp³-hybridized carbons (Fsp3) is 0.708. The highest BCUT2D eigenvalue weighted by molar-refractivity contribution is 8.00. The maximum Gasteiger partial charge on any atom is 0.409 e. The number of benzene rings is 1. The molecule has 5 saturated heterocycles. The number of thioether (sulfide) groups is 2. The number of halogens is 1. The Hall–Kier alpha value is -5.72. The van der Waals surface area contributed by atoms with E-state index in [4.69, 9.17) is 49.5 Å². The van der Waals surface area contributed by atoms with Gasteiger partial charge in [-0.25, -0.2) is 14.4 Å². The Balaban J connectivity index is 0.713. The molecule has 0 radical (unpaired) electrons. The van der Waals surface area contributed by atoms with E-state index in [2.05, 4.69) is 26.6 Å². The maximum absolute atomic E-state index is 14.4. The number of nitrogens with zero attached hydrogens (tertiary/aromatic N) is 3. The van der Waals surface area contributed by atoms with E-state index in [1.54, 1.807) is 45.2 Å². The summed E-state index contributed by atoms with van der Waals surface area (Å²) in [6, 6.07) is 2.69. The average Bonchev–Trinajstić information content (AvgIpc) is 1.57. The van der Waals surface area contributed by atoms with Crippen LogP contribution < -0.4 is 36.2 Å². The van der Waals surface area contributed by atoms with Gasteiger partial charge in [0.25, 0.3) is 0 Å². The first-order chi connectivity index (χ1) is 44.9. The van der Waals surface area contributed by atoms with Crippen molar-refractivity contribution in [3.63, 3.8) is 0 Å². The zero-order valence-electron chi connectivity index (χ0n) is 55.2. The molecule has 26 nitrogen and oxygen atoms in total. The number of methoxy groups -OCH3 is 2. The van der Waals surface area contributed by atoms with Gasteiger partial charge in [0.1, 0.15) is 40.7 Å². The molecule has 0 spiro atoms. The number of unbranched alkanes of at least 4 members (excludes halogenated alkanes) is 1. The van der Waals surface area contributed by atoms with Crippen LogP contribution in [0.25, 0.3) is 0 Å². The predicted octanol–water partition coefficient (Wildman–Crippen LogP) is 4.58. The molecule has 29 heteroatoms. The summed E-state index contributed by atoms with van der Waals surface area (Å²) in [5.41, 5.74) is -1.21. The molecule has 6 heterocycles. The molecule has 1 aromatic rings. The van der Waals surface area contributed by atoms with Crippen LogP contribution in [0.4, 0.5) is 15.3 Å². The van der Waals surface area contributed by atoms with E-state index in [1.807, 2.05) is 24.8 Å². The first-order valence-corrected chi connectivity index (χ1v) is 35.2. The van der Waals surface area contributed by atoms with Crippen molar-refractivity contribution >= 4 is 94.3 Å². The molecule has 1 saturated carbocycles. The Morgan fingerprint density at radius 2 is 1.64 bits per heavy atom. The number of amides is 9. The van der Waals surface area contributed by atoms with Gasteiger partial charge in [0.15, 0.2) is 5.72 Å². The van der Waals surface area contributed by atoms with Crippen molar-refractivity contribution in [2.75, 3.05) is 104 Å². The average molecular weight is 1380 g/mol. The number of hydrogen-bond acceptors (Lipinski definition) is 20. The van der Waals surface area contributed by atoms with E-state index in [0.717, 1.165) is 36.2 Å². The summed E-state index contributed by atoms with van der Waals surface area (Å²) in [5.74, 6) is -1.71. The number of ether oxygens (including phenoxy) is 8. The number of hydrogen-bond donors (Lipinski definition) is 6. The molecule has 9 amide bonds. The summed E-state index contributed by atoms with van der Waals surface area (Å²) < 4.78 is 46.3. The van der Waals surface area contributed by atoms with E-state index in [9.17, 15) is 48.3 Å². The number of nitrogens with one attached hydrogen (secondary N) is 5. The number of fused-ring (bicyclic) bond motifs is 6. The summed E-state index contributed by atoms with van der Waals surface area (Å²) in [4.78, 5) is 123. The number of esters is 1. The van der Waals surface area contributed by atoms with Crippen LogP contribution in [-0.4, -0.2) is 232 Å². The lowest BCUT2D eigenvalue weighted by Gasteiger charge is -2.42. The van der Waals surface area contributed by atoms with Gasteiger partial charge in [-0.15, -0.1) is 11.8 Å². The van der Waals surface area contributed by atoms with Gasteiger partial charge in [-0.1, -0.05) is 48.7 Å². The topological polar surface area (TPSA) is 321 Å². The minimum Gasteiger partial charge on any atom is -0.495 e. The van der Waals surface area contributed by atoms with Gasteiger partial charge in [0, 0.05) is 95.1 Å². The third-order valence-corrected chi connectivity index (χ3v) is 22.1. The van der Waals surface area contributed by atoms with Crippen molar-refractivity contribution in [3.8, 4) is 5.75 Å². The lowest BCUT2D eigenvalue weighted by molar-refractivity contribution is -0.162. The van der Waals surface area contributed by atoms with Crippen molar-refractivity contribution in [1.82, 2.24) is 36.4 Å². The summed E-state index contributed by atoms with van der Waals surface area (Å²) in [6.45, 7) is 10.1. The number of alkyl carbamates (subject to hydrolysis) is 1. The fourth-order valence-electron chi connectivity index (χ4n) is 13.1. The molecular weight excluding hydrogens is 1280 g/mol. The van der Waals surface area contributed by atoms with Crippen molar-refractivity contribution in [2.45, 2.75) is 176 Å². The largest absolute Gasteiger partial charge is 0.495 e. The van der Waals surface area contributed by atoms with Gasteiger partial charge < -0.3 is 74.1 Å². The normalized spacial score (nSPS) is 30.6. The van der Waals surface area contributed by atoms with Gasteiger partial charge in [-0.3, -0.25) is 39.0 Å². The molecule has 94 heavy (non-hydrogen) atoms. The zero-order chi connectivity index (χ0) is 67.9. The third kappa shape index (κ3) is 19.5. The molecule has 6 N–H and O–H groups in total. The fourth-order valence-corrected chi connectivity index (χ4v) is 16.0. The van der Waals surface area contributed by atoms with Crippen molar-refractivity contribution in [3.05, 3.63) is 46.5 Å². The Morgan fingerprint density at radius 3 is 2.34 bits per heavy atom. The number of epoxide rings is 1. The molecule has 12 atom stereocenters. The van der Waals surface area contributed by atoms with Gasteiger partial charge in [-0.05, 0) is 89.3 Å². The highest BCUT2D eigenvalue weighted by atomic mass is 35.5. The second-order valence-corrected chi connectivity index (χ2v) is 28.6. The van der Waals surface area contributed by atoms with E-state index in [-0.39, 0.29) is 90.2 Å². The first-order valence-electron chi connectivity index (χ1n) is 32.7. The molecule has 7 aliphatic rings. The molecule has 8 rings (SSSR count). The van der Waals surface area contributed by atoms with Crippen LogP contribution in [0.3, 0.4) is 0 Å². The SMILES string of the molecule is COc1cc2cc(c1Cl)N(C)C(=O)C[C@H](OC(=O)[C@@H](C)N(C)C(=O)CCSC1CC(=O)N(CC3CCC(C(=O)NCCOCCOCCOCCNC(=O)CCCC[C@H]4SC[C@H]5NC(=O)N[C@H]54)CC3)C1=O)[C@]1(C)O[C@H]1[C@H](C)C1C[C@@](O)(NC(=O)O1)[C@H](OC)/C=C/C=C(/C)C2. The van der Waals surface area contributed by atoms with Crippen LogP contribution >= 0.6 is 35.1 Å². The van der Waals surface area contributed by atoms with Crippen LogP contribution in [0.5, 0.6) is 5.75 Å². The number of aliphatic hydroxyl groups is 1. The van der Waals surface area contributed by atoms with Gasteiger partial charge >= 0.3 is 18.1 Å². The molecule has 522 valence electrons. The monoisotopic (exact) mass is 1370 g/mol. The number of carbonyl (C=O) groups is 9. The van der Waals surface area contributed by atoms with E-state index < -0.39 is 83.2 Å². The minimum absolute atomic E-state index is 0.00182. The molecular formula is C65H95ClN8O18S2. The first kappa shape index (κ1) is 74.1. The van der Waals surface area contributed by atoms with E-state index in [0.29, 0.717) is 108 Å². The van der Waals surface area contributed by atoms with Crippen molar-refractivity contribution < 1.29 is 86.2 Å². The number of anilines is 1. The lowest BCUT2D eigenvalue weighted by Crippen LogP contribution is -2.63. The number of likely N-dealkylation sites (N-methyl/N-ethyl adjacent to an activating group) is 1. The predicted molar refractivity (Wildman–Crippen MR) is 351 cm³/mol. The molecule has 1 aliphatic carbocycles. The maximum atomic E-state index is 14.4. The van der Waals surface area contributed by atoms with Gasteiger partial charge in [-0.2, -0.15) is 11.8 Å². The molecule has 6 fully saturated rings. The summed E-state index contributed by atoms with van der Waals surface area (Å²) in [6.07, 6.45) is 6.02. The van der Waals surface area contributed by atoms with Crippen LogP contribution in [0.1, 0.15) is 110 Å². The second-order valence-electron chi connectivity index (χ2n) is 25.6. The number of urea groups is 1. The minimum atomic E-state index is -1.89. The van der Waals surface area contributed by atoms with Crippen LogP contribution in [-0.2, 0) is 73.1 Å². The number of imide groups is 1. The quantitative estimate of drug-likeness (QED) is 0.0210. The smallest absolute Gasteiger partial charge is 0.409 e. The lowest BCUT2D eigenvalue weighted by atomic mass is 9.81. The summed E-state index contributed by atoms with van der Waals surface area (Å²) in [5, 5.41) is 26.1. The number of likely N-dealkylation sites (tertiary alicyclic amines) is 1. The molecule has 4 bridgehead atoms. The third-order valence-electron chi connectivity index (χ3n) is 19.0. The molecule has 1 aromatic carbocycles. The van der Waals surface area contributed by atoms with E-state index >= 15 is 0 Å². The van der Waals surface area contributed by atoms with Crippen molar-refractivity contribution in [2.24, 2.45) is 17.8 Å². The Bertz CT molecular complexity index is 2940. The highest BCUT2D eigenvalue weighted by Gasteiger charge is 2.64. The number of rotatable bonds is 29. The standard InChI is InChI=1S/C65H95ClN8O18S2/c1-38-12-11-14-50(86-8)65(84)35-47(90-63(83)71-65)39(2)58-64(4,92-58)51(34-54(77)73(6)45-31-42(30-38)32-46(85-7)56(45)66)91-61(81)40(3)72(5)53(76)20-29-93-49-33-55(78)74(60(49)80)36-41-16-18-43(19-17-41)59(79)68-22-24-88-26-28-89-27-25-87-23-21-67-52(75)15-10-9-13-48-57-44(37-94-48)69-62(82)70-57/h11-12,14,31-32,39-41,43-44,47-51,57-58,84H,9-10,13,15-30,33-37H2,1-8H3,(H,67,75)(H,68,79)(H,71,83)(H2,69,70,82)/b14-11+,38-12-/t39-,40-,41?,43?,44-,47?,48-,49?,50-,51+,57-,58+,64+,65+/m1/s1. The summed E-state index contributed by atoms with van der Waals surface area (Å²) in [7, 11) is 5.88. The van der Waals surface area contributed by atoms with Crippen LogP contribution in [0.15, 0.2) is 35.9 Å². The second kappa shape index (κ2) is 34.5. The molecule has 0 aromatic heterocycles. The Labute approximate surface area is 563 Å². The highest BCUT2D eigenvalue weighted by Crippen LogP contribution is 2.49.